The Morgan fingerprint density at radius 1 is 0.604 bits per heavy atom. The van der Waals surface area contributed by atoms with Gasteiger partial charge in [0.25, 0.3) is 0 Å². The van der Waals surface area contributed by atoms with Crippen molar-refractivity contribution in [2.75, 3.05) is 26.2 Å². The Labute approximate surface area is 266 Å². The molecule has 1 fully saturated rings. The molecule has 1 aliphatic heterocycles. The number of piperazine rings is 1. The topological polar surface area (TPSA) is 35.6 Å². The SMILES string of the molecule is O=C(NCc1cc(C(F)(F)F)cc(C(F)(F)F)c1)C1(N2CCN(Cc3cc(C(F)(F)F)cc(C(F)(F)F)c3)CC2)Cc2ccccc2C1. The van der Waals surface area contributed by atoms with Crippen LogP contribution in [0, 0.1) is 0 Å². The van der Waals surface area contributed by atoms with E-state index in [1.165, 1.54) is 0 Å². The summed E-state index contributed by atoms with van der Waals surface area (Å²) in [4.78, 5) is 17.3. The quantitative estimate of drug-likeness (QED) is 0.268. The molecule has 0 radical (unpaired) electrons. The lowest BCUT2D eigenvalue weighted by Crippen LogP contribution is -2.64. The summed E-state index contributed by atoms with van der Waals surface area (Å²) < 4.78 is 160. The minimum Gasteiger partial charge on any atom is -0.350 e. The highest BCUT2D eigenvalue weighted by atomic mass is 19.4. The van der Waals surface area contributed by atoms with E-state index in [4.69, 9.17) is 0 Å². The third-order valence-electron chi connectivity index (χ3n) is 8.64. The molecular formula is C32H27F12N3O. The predicted octanol–water partition coefficient (Wildman–Crippen LogP) is 7.73. The minimum atomic E-state index is -5.07. The standard InChI is InChI=1S/C32H27F12N3O/c33-29(34,35)23-9-19(10-24(13-23)30(36,37)38)17-45-27(48)28(15-21-3-1-2-4-22(21)16-28)47-7-5-46(6-8-47)18-20-11-25(31(39,40)41)14-26(12-20)32(42,43)44/h1-4,9-14H,5-8,15-18H2,(H,45,48). The highest BCUT2D eigenvalue weighted by Gasteiger charge is 2.49. The summed E-state index contributed by atoms with van der Waals surface area (Å²) in [5.74, 6) is -0.647. The van der Waals surface area contributed by atoms with Crippen molar-refractivity contribution in [3.63, 3.8) is 0 Å². The van der Waals surface area contributed by atoms with E-state index >= 15 is 0 Å². The zero-order valence-electron chi connectivity index (χ0n) is 24.8. The number of carbonyl (C=O) groups is 1. The Balaban J connectivity index is 1.35. The third-order valence-corrected chi connectivity index (χ3v) is 8.64. The van der Waals surface area contributed by atoms with E-state index in [1.54, 1.807) is 34.1 Å². The monoisotopic (exact) mass is 697 g/mol. The molecule has 0 aromatic heterocycles. The summed E-state index contributed by atoms with van der Waals surface area (Å²) in [5, 5.41) is 2.52. The predicted molar refractivity (Wildman–Crippen MR) is 148 cm³/mol. The van der Waals surface area contributed by atoms with Crippen LogP contribution in [0.25, 0.3) is 0 Å². The van der Waals surface area contributed by atoms with Gasteiger partial charge >= 0.3 is 24.7 Å². The van der Waals surface area contributed by atoms with Crippen LogP contribution >= 0.6 is 0 Å². The summed E-state index contributed by atoms with van der Waals surface area (Å²) in [6.07, 6.45) is -19.8. The van der Waals surface area contributed by atoms with Gasteiger partial charge in [-0.2, -0.15) is 52.7 Å². The number of carbonyl (C=O) groups excluding carboxylic acids is 1. The number of hydrogen-bond acceptors (Lipinski definition) is 3. The Hall–Kier alpha value is -3.79. The van der Waals surface area contributed by atoms with Gasteiger partial charge in [-0.15, -0.1) is 0 Å². The Morgan fingerprint density at radius 3 is 1.40 bits per heavy atom. The molecule has 5 rings (SSSR count). The van der Waals surface area contributed by atoms with Crippen molar-refractivity contribution >= 4 is 5.91 Å². The minimum absolute atomic E-state index is 0.0107. The lowest BCUT2D eigenvalue weighted by Gasteiger charge is -2.45. The maximum absolute atomic E-state index is 13.9. The van der Waals surface area contributed by atoms with Gasteiger partial charge < -0.3 is 5.32 Å². The van der Waals surface area contributed by atoms with Crippen molar-refractivity contribution < 1.29 is 57.5 Å². The van der Waals surface area contributed by atoms with Gasteiger partial charge in [-0.3, -0.25) is 14.6 Å². The summed E-state index contributed by atoms with van der Waals surface area (Å²) in [7, 11) is 0. The summed E-state index contributed by atoms with van der Waals surface area (Å²) in [6.45, 7) is -0.294. The molecule has 260 valence electrons. The van der Waals surface area contributed by atoms with E-state index in [0.717, 1.165) is 11.1 Å². The van der Waals surface area contributed by atoms with E-state index < -0.39 is 70.5 Å². The lowest BCUT2D eigenvalue weighted by atomic mass is 9.90. The number of hydrogen-bond donors (Lipinski definition) is 1. The number of benzene rings is 3. The number of halogens is 12. The molecule has 3 aromatic rings. The van der Waals surface area contributed by atoms with E-state index in [-0.39, 0.29) is 63.3 Å². The van der Waals surface area contributed by atoms with E-state index in [2.05, 4.69) is 5.32 Å². The van der Waals surface area contributed by atoms with Crippen molar-refractivity contribution in [1.82, 2.24) is 15.1 Å². The first-order valence-corrected chi connectivity index (χ1v) is 14.5. The Kier molecular flexibility index (Phi) is 9.31. The average molecular weight is 698 g/mol. The molecule has 0 spiro atoms. The smallest absolute Gasteiger partial charge is 0.350 e. The fourth-order valence-electron chi connectivity index (χ4n) is 6.29. The molecule has 16 heteroatoms. The Morgan fingerprint density at radius 2 is 1.00 bits per heavy atom. The number of alkyl halides is 12. The molecule has 1 aliphatic carbocycles. The molecule has 0 unspecified atom stereocenters. The van der Waals surface area contributed by atoms with Crippen LogP contribution < -0.4 is 5.32 Å². The van der Waals surface area contributed by atoms with E-state index in [9.17, 15) is 57.5 Å². The molecular weight excluding hydrogens is 670 g/mol. The number of amides is 1. The van der Waals surface area contributed by atoms with Gasteiger partial charge in [-0.1, -0.05) is 24.3 Å². The molecule has 1 N–H and O–H groups in total. The highest BCUT2D eigenvalue weighted by Crippen LogP contribution is 2.39. The van der Waals surface area contributed by atoms with Crippen molar-refractivity contribution in [2.24, 2.45) is 0 Å². The van der Waals surface area contributed by atoms with Crippen molar-refractivity contribution in [2.45, 2.75) is 56.2 Å². The van der Waals surface area contributed by atoms with Crippen LogP contribution in [0.15, 0.2) is 60.7 Å². The maximum Gasteiger partial charge on any atom is 0.416 e. The first kappa shape index (κ1) is 35.5. The van der Waals surface area contributed by atoms with Crippen LogP contribution in [0.5, 0.6) is 0 Å². The average Bonchev–Trinajstić information content (AvgIpc) is 3.39. The summed E-state index contributed by atoms with van der Waals surface area (Å²) in [5.41, 5.74) is -6.24. The van der Waals surface area contributed by atoms with Crippen molar-refractivity contribution in [1.29, 1.82) is 0 Å². The van der Waals surface area contributed by atoms with Gasteiger partial charge in [0.2, 0.25) is 5.91 Å². The normalized spacial score (nSPS) is 17.8. The molecule has 4 nitrogen and oxygen atoms in total. The van der Waals surface area contributed by atoms with Gasteiger partial charge in [-0.25, -0.2) is 0 Å². The molecule has 1 amide bonds. The van der Waals surface area contributed by atoms with Crippen molar-refractivity contribution in [3.8, 4) is 0 Å². The highest BCUT2D eigenvalue weighted by molar-refractivity contribution is 5.88. The van der Waals surface area contributed by atoms with Crippen LogP contribution in [0.2, 0.25) is 0 Å². The van der Waals surface area contributed by atoms with Crippen molar-refractivity contribution in [3.05, 3.63) is 105 Å². The zero-order valence-corrected chi connectivity index (χ0v) is 24.8. The molecule has 1 saturated heterocycles. The third kappa shape index (κ3) is 7.74. The van der Waals surface area contributed by atoms with E-state index in [0.29, 0.717) is 24.3 Å². The maximum atomic E-state index is 13.9. The second kappa shape index (κ2) is 12.6. The summed E-state index contributed by atoms with van der Waals surface area (Å²) >= 11 is 0. The molecule has 48 heavy (non-hydrogen) atoms. The van der Waals surface area contributed by atoms with Crippen LogP contribution in [0.4, 0.5) is 52.7 Å². The van der Waals surface area contributed by atoms with Gasteiger partial charge in [-0.05, 0) is 58.7 Å². The van der Waals surface area contributed by atoms with Gasteiger partial charge in [0, 0.05) is 52.1 Å². The number of rotatable bonds is 6. The number of fused-ring (bicyclic) bond motifs is 1. The fraction of sp³-hybridized carbons (Fsp3) is 0.406. The van der Waals surface area contributed by atoms with Crippen LogP contribution in [0.1, 0.15) is 44.5 Å². The second-order valence-electron chi connectivity index (χ2n) is 11.9. The van der Waals surface area contributed by atoms with E-state index in [1.807, 2.05) is 0 Å². The molecule has 1 heterocycles. The number of nitrogens with one attached hydrogen (secondary N) is 1. The van der Waals surface area contributed by atoms with Gasteiger partial charge in [0.15, 0.2) is 0 Å². The number of nitrogens with zero attached hydrogens (tertiary/aromatic N) is 2. The molecule has 0 saturated carbocycles. The lowest BCUT2D eigenvalue weighted by molar-refractivity contribution is -0.144. The molecule has 0 atom stereocenters. The summed E-state index contributed by atoms with van der Waals surface area (Å²) in [6, 6.07) is 9.47. The molecule has 2 aliphatic rings. The fourth-order valence-corrected chi connectivity index (χ4v) is 6.29. The molecule has 0 bridgehead atoms. The van der Waals surface area contributed by atoms with Gasteiger partial charge in [0.1, 0.15) is 5.54 Å². The zero-order chi connectivity index (χ0) is 35.3. The van der Waals surface area contributed by atoms with Crippen LogP contribution in [-0.4, -0.2) is 47.4 Å². The van der Waals surface area contributed by atoms with Crippen LogP contribution in [0.3, 0.4) is 0 Å². The van der Waals surface area contributed by atoms with Gasteiger partial charge in [0.05, 0.1) is 22.3 Å². The first-order valence-electron chi connectivity index (χ1n) is 14.5. The molecule has 3 aromatic carbocycles. The first-order chi connectivity index (χ1) is 22.1. The largest absolute Gasteiger partial charge is 0.416 e. The van der Waals surface area contributed by atoms with Crippen LogP contribution in [-0.2, 0) is 55.4 Å². The Bertz CT molecular complexity index is 1560. The second-order valence-corrected chi connectivity index (χ2v) is 11.9.